The summed E-state index contributed by atoms with van der Waals surface area (Å²) >= 11 is 13.8. The summed E-state index contributed by atoms with van der Waals surface area (Å²) in [4.78, 5) is 13.5. The van der Waals surface area contributed by atoms with E-state index in [0.717, 1.165) is 5.45 Å². The average Bonchev–Trinajstić information content (AvgIpc) is 3.18. The zero-order valence-electron chi connectivity index (χ0n) is 28.7. The van der Waals surface area contributed by atoms with E-state index < -0.39 is 18.9 Å². The Hall–Kier alpha value is 0.280. The van der Waals surface area contributed by atoms with Crippen LogP contribution in [0.2, 0.25) is 0 Å². The molecule has 236 valence electrons. The Kier molecular flexibility index (Phi) is 14.2. The van der Waals surface area contributed by atoms with Gasteiger partial charge in [0, 0.05) is 54.8 Å². The van der Waals surface area contributed by atoms with Gasteiger partial charge in [0.05, 0.1) is 0 Å². The third kappa shape index (κ3) is 7.49. The molecule has 7 nitrogen and oxygen atoms in total. The number of Topliss-reactive ketones (excluding diaryl/α,β-unsaturated/α-hetero) is 1. The van der Waals surface area contributed by atoms with Crippen LogP contribution >= 0.6 is 12.8 Å². The van der Waals surface area contributed by atoms with Gasteiger partial charge in [-0.05, 0) is 130 Å². The Bertz CT molecular complexity index is 900. The summed E-state index contributed by atoms with van der Waals surface area (Å²) in [6, 6.07) is 1.24. The van der Waals surface area contributed by atoms with Crippen LogP contribution in [-0.2, 0) is 28.4 Å². The molecule has 0 radical (unpaired) electrons. The first-order valence-corrected chi connectivity index (χ1v) is 20.7. The van der Waals surface area contributed by atoms with E-state index in [4.69, 9.17) is 28.7 Å². The minimum Gasteiger partial charge on any atom is -0.298 e. The Morgan fingerprint density at radius 1 is 0.650 bits per heavy atom. The number of hydrogen-bond acceptors (Lipinski definition) is 4. The van der Waals surface area contributed by atoms with Gasteiger partial charge >= 0.3 is 0 Å². The molecule has 0 N–H and O–H groups in total. The fourth-order valence-electron chi connectivity index (χ4n) is 6.76. The highest BCUT2D eigenvalue weighted by atomic mass is 32.5. The van der Waals surface area contributed by atoms with E-state index in [1.54, 1.807) is 6.92 Å². The van der Waals surface area contributed by atoms with Crippen molar-refractivity contribution in [1.82, 2.24) is 23.5 Å². The number of hydrogen-bond donors (Lipinski definition) is 0. The first kappa shape index (κ1) is 38.3. The topological polar surface area (TPSA) is 45.6 Å². The van der Waals surface area contributed by atoms with E-state index in [1.807, 2.05) is 0 Å². The molecule has 1 aliphatic rings. The molecule has 1 rings (SSSR count). The Labute approximate surface area is 258 Å². The standard InChI is InChI=1S/C29H62N6OP2S2/c1-19(2)31(20(3)4)37(39,32(21(5)6)22(7)8)29-18-28(27(17)36)35(30-29)38(40,33(23(9)10)24(11)12)34(25(13)14)26(15)16/h19-26,28H,18H2,1-17H3. The summed E-state index contributed by atoms with van der Waals surface area (Å²) in [6.45, 7) is 34.6. The first-order chi connectivity index (χ1) is 18.1. The van der Waals surface area contributed by atoms with E-state index in [2.05, 4.69) is 134 Å². The van der Waals surface area contributed by atoms with Gasteiger partial charge in [-0.25, -0.2) is 14.1 Å². The maximum absolute atomic E-state index is 13.5. The van der Waals surface area contributed by atoms with E-state index in [-0.39, 0.29) is 54.1 Å². The highest BCUT2D eigenvalue weighted by molar-refractivity contribution is 8.20. The van der Waals surface area contributed by atoms with Crippen LogP contribution in [0.1, 0.15) is 124 Å². The van der Waals surface area contributed by atoms with Gasteiger partial charge in [0.2, 0.25) is 0 Å². The number of nitrogens with zero attached hydrogens (tertiary/aromatic N) is 6. The van der Waals surface area contributed by atoms with Gasteiger partial charge in [-0.3, -0.25) is 14.1 Å². The Morgan fingerprint density at radius 3 is 1.15 bits per heavy atom. The quantitative estimate of drug-likeness (QED) is 0.168. The molecular weight excluding hydrogens is 574 g/mol. The van der Waals surface area contributed by atoms with Crippen LogP contribution in [0.4, 0.5) is 0 Å². The number of rotatable bonds is 15. The largest absolute Gasteiger partial charge is 0.298 e. The average molecular weight is 637 g/mol. The van der Waals surface area contributed by atoms with Crippen LogP contribution < -0.4 is 0 Å². The fraction of sp³-hybridized carbons (Fsp3) is 0.931. The van der Waals surface area contributed by atoms with Crippen molar-refractivity contribution < 1.29 is 4.79 Å². The van der Waals surface area contributed by atoms with Crippen molar-refractivity contribution in [2.45, 2.75) is 179 Å². The SMILES string of the molecule is CC(=O)C1CC(P(=S)(N(C(C)C)C(C)C)N(C(C)C)C(C)C)=NN1P(=S)(N(C(C)C)C(C)C)N(C(C)C)C(C)C. The van der Waals surface area contributed by atoms with E-state index in [1.165, 1.54) is 0 Å². The molecule has 0 saturated carbocycles. The molecule has 11 heteroatoms. The monoisotopic (exact) mass is 636 g/mol. The Morgan fingerprint density at radius 2 is 0.925 bits per heavy atom. The van der Waals surface area contributed by atoms with Crippen molar-refractivity contribution >= 4 is 47.7 Å². The van der Waals surface area contributed by atoms with Crippen molar-refractivity contribution in [1.29, 1.82) is 0 Å². The second kappa shape index (κ2) is 14.8. The predicted octanol–water partition coefficient (Wildman–Crippen LogP) is 7.97. The van der Waals surface area contributed by atoms with Crippen molar-refractivity contribution in [3.8, 4) is 0 Å². The molecular formula is C29H62N6OP2S2. The fourth-order valence-corrected chi connectivity index (χ4v) is 19.9. The van der Waals surface area contributed by atoms with Crippen molar-refractivity contribution in [3.63, 3.8) is 0 Å². The minimum absolute atomic E-state index is 0.107. The predicted molar refractivity (Wildman–Crippen MR) is 185 cm³/mol. The lowest BCUT2D eigenvalue weighted by Gasteiger charge is -2.53. The van der Waals surface area contributed by atoms with Crippen LogP contribution in [0.5, 0.6) is 0 Å². The number of hydrazone groups is 1. The van der Waals surface area contributed by atoms with Gasteiger partial charge < -0.3 is 0 Å². The second-order valence-electron chi connectivity index (χ2n) is 13.5. The molecule has 1 heterocycles. The smallest absolute Gasteiger partial charge is 0.186 e. The minimum atomic E-state index is -2.72. The van der Waals surface area contributed by atoms with E-state index in [0.29, 0.717) is 6.42 Å². The van der Waals surface area contributed by atoms with Crippen LogP contribution in [0.25, 0.3) is 0 Å². The number of carbonyl (C=O) groups is 1. The molecule has 1 unspecified atom stereocenters. The van der Waals surface area contributed by atoms with Crippen molar-refractivity contribution in [2.24, 2.45) is 5.10 Å². The summed E-state index contributed by atoms with van der Waals surface area (Å²) in [5.41, 5.74) is 0.974. The Balaban J connectivity index is 4.28. The van der Waals surface area contributed by atoms with E-state index in [9.17, 15) is 4.79 Å². The van der Waals surface area contributed by atoms with Gasteiger partial charge in [-0.1, -0.05) is 11.8 Å². The molecule has 0 fully saturated rings. The van der Waals surface area contributed by atoms with Gasteiger partial charge in [0.1, 0.15) is 17.8 Å². The van der Waals surface area contributed by atoms with Gasteiger partial charge in [-0.2, -0.15) is 5.10 Å². The lowest BCUT2D eigenvalue weighted by atomic mass is 10.2. The van der Waals surface area contributed by atoms with Gasteiger partial charge in [0.25, 0.3) is 0 Å². The van der Waals surface area contributed by atoms with E-state index >= 15 is 0 Å². The van der Waals surface area contributed by atoms with Gasteiger partial charge in [0.15, 0.2) is 12.3 Å². The summed E-state index contributed by atoms with van der Waals surface area (Å²) in [6.07, 6.45) is -2.03. The zero-order valence-corrected chi connectivity index (χ0v) is 32.1. The molecule has 0 aromatic carbocycles. The molecule has 0 spiro atoms. The zero-order chi connectivity index (χ0) is 31.7. The molecule has 1 aliphatic heterocycles. The molecule has 40 heavy (non-hydrogen) atoms. The molecule has 0 aromatic rings. The molecule has 0 saturated heterocycles. The summed E-state index contributed by atoms with van der Waals surface area (Å²) in [5, 5.41) is 5.53. The normalized spacial score (nSPS) is 17.9. The van der Waals surface area contributed by atoms with Crippen LogP contribution in [-0.4, -0.2) is 89.1 Å². The molecule has 0 aromatic heterocycles. The lowest BCUT2D eigenvalue weighted by Crippen LogP contribution is -2.51. The molecule has 1 atom stereocenters. The van der Waals surface area contributed by atoms with Gasteiger partial charge in [-0.15, -0.1) is 0 Å². The molecule has 0 aliphatic carbocycles. The summed E-state index contributed by atoms with van der Waals surface area (Å²) in [7, 11) is 0. The third-order valence-corrected chi connectivity index (χ3v) is 18.8. The second-order valence-corrected chi connectivity index (χ2v) is 21.4. The summed E-state index contributed by atoms with van der Waals surface area (Å²) < 4.78 is 12.0. The van der Waals surface area contributed by atoms with Crippen molar-refractivity contribution in [3.05, 3.63) is 0 Å². The molecule has 0 bridgehead atoms. The first-order valence-electron chi connectivity index (χ1n) is 15.3. The highest BCUT2D eigenvalue weighted by Gasteiger charge is 2.53. The van der Waals surface area contributed by atoms with Crippen LogP contribution in [0.15, 0.2) is 5.10 Å². The van der Waals surface area contributed by atoms with Crippen LogP contribution in [0.3, 0.4) is 0 Å². The number of ketones is 1. The molecule has 0 amide bonds. The van der Waals surface area contributed by atoms with Crippen molar-refractivity contribution in [2.75, 3.05) is 0 Å². The number of carbonyl (C=O) groups excluding carboxylic acids is 1. The summed E-state index contributed by atoms with van der Waals surface area (Å²) in [5.74, 6) is 0.107. The third-order valence-electron chi connectivity index (χ3n) is 7.41. The van der Waals surface area contributed by atoms with Crippen LogP contribution in [0, 0.1) is 0 Å². The highest BCUT2D eigenvalue weighted by Crippen LogP contribution is 2.67. The maximum atomic E-state index is 13.5. The maximum Gasteiger partial charge on any atom is 0.186 e. The lowest BCUT2D eigenvalue weighted by molar-refractivity contribution is -0.120.